The molecule has 0 radical (unpaired) electrons. The van der Waals surface area contributed by atoms with Crippen LogP contribution in [0.2, 0.25) is 0 Å². The number of pyridine rings is 1. The Labute approximate surface area is 193 Å². The molecule has 2 heterocycles. The Bertz CT molecular complexity index is 1300. The summed E-state index contributed by atoms with van der Waals surface area (Å²) >= 11 is 0. The second-order valence-electron chi connectivity index (χ2n) is 8.05. The number of aryl methyl sites for hydroxylation is 2. The highest BCUT2D eigenvalue weighted by Gasteiger charge is 2.21. The first kappa shape index (κ1) is 22.3. The Morgan fingerprint density at radius 3 is 2.45 bits per heavy atom. The Morgan fingerprint density at radius 2 is 1.76 bits per heavy atom. The van der Waals surface area contributed by atoms with Gasteiger partial charge in [0.25, 0.3) is 5.91 Å². The first-order valence-corrected chi connectivity index (χ1v) is 10.8. The van der Waals surface area contributed by atoms with Gasteiger partial charge in [0.1, 0.15) is 0 Å². The molecule has 1 N–H and O–H groups in total. The van der Waals surface area contributed by atoms with E-state index in [1.54, 1.807) is 14.2 Å². The maximum absolute atomic E-state index is 13.4. The Morgan fingerprint density at radius 1 is 1.03 bits per heavy atom. The fraction of sp³-hybridized carbons (Fsp3) is 0.269. The smallest absolute Gasteiger partial charge is 0.252 e. The third-order valence-electron chi connectivity index (χ3n) is 5.68. The second kappa shape index (κ2) is 9.32. The van der Waals surface area contributed by atoms with Gasteiger partial charge in [-0.15, -0.1) is 0 Å². The van der Waals surface area contributed by atoms with E-state index in [2.05, 4.69) is 17.4 Å². The van der Waals surface area contributed by atoms with Crippen LogP contribution < -0.4 is 14.8 Å². The highest BCUT2D eigenvalue weighted by atomic mass is 16.5. The molecule has 0 aliphatic carbocycles. The number of carbonyl (C=O) groups is 1. The number of hydrogen-bond donors (Lipinski definition) is 1. The van der Waals surface area contributed by atoms with E-state index in [9.17, 15) is 4.79 Å². The summed E-state index contributed by atoms with van der Waals surface area (Å²) in [5.74, 6) is 1.10. The van der Waals surface area contributed by atoms with E-state index in [0.717, 1.165) is 27.9 Å². The van der Waals surface area contributed by atoms with E-state index in [4.69, 9.17) is 19.6 Å². The molecular formula is C26H28N4O3. The van der Waals surface area contributed by atoms with Crippen LogP contribution in [0.4, 0.5) is 0 Å². The maximum atomic E-state index is 13.4. The summed E-state index contributed by atoms with van der Waals surface area (Å²) in [5.41, 5.74) is 4.86. The van der Waals surface area contributed by atoms with Crippen LogP contribution in [0.1, 0.15) is 45.8 Å². The summed E-state index contributed by atoms with van der Waals surface area (Å²) in [6, 6.07) is 17.3. The standard InChI is InChI=1S/C26H28N4O3/c1-16-13-21(26(31)28-17(2)20-11-12-22(32-4)23(14-20)33-5)24-18(3)29-30(25(24)27-16)15-19-9-7-6-8-10-19/h6-14,17H,15H2,1-5H3,(H,28,31)/t17-/m0/s1. The number of aromatic nitrogens is 3. The molecule has 4 aromatic rings. The van der Waals surface area contributed by atoms with Gasteiger partial charge in [-0.05, 0) is 50.1 Å². The Kier molecular flexibility index (Phi) is 6.31. The SMILES string of the molecule is COc1ccc([C@H](C)NC(=O)c2cc(C)nc3c2c(C)nn3Cc2ccccc2)cc1OC. The zero-order valence-corrected chi connectivity index (χ0v) is 19.5. The lowest BCUT2D eigenvalue weighted by molar-refractivity contribution is 0.0941. The molecule has 0 spiro atoms. The molecule has 1 atom stereocenters. The number of carbonyl (C=O) groups excluding carboxylic acids is 1. The molecule has 1 amide bonds. The summed E-state index contributed by atoms with van der Waals surface area (Å²) in [6.07, 6.45) is 0. The lowest BCUT2D eigenvalue weighted by atomic mass is 10.1. The molecule has 33 heavy (non-hydrogen) atoms. The van der Waals surface area contributed by atoms with Gasteiger partial charge in [-0.25, -0.2) is 9.67 Å². The minimum Gasteiger partial charge on any atom is -0.493 e. The summed E-state index contributed by atoms with van der Waals surface area (Å²) in [7, 11) is 3.19. The van der Waals surface area contributed by atoms with Gasteiger partial charge in [0, 0.05) is 5.69 Å². The third-order valence-corrected chi connectivity index (χ3v) is 5.68. The van der Waals surface area contributed by atoms with Crippen LogP contribution in [0, 0.1) is 13.8 Å². The van der Waals surface area contributed by atoms with Crippen LogP contribution in [-0.4, -0.2) is 34.9 Å². The highest BCUT2D eigenvalue weighted by molar-refractivity contribution is 6.06. The fourth-order valence-corrected chi connectivity index (χ4v) is 4.00. The highest BCUT2D eigenvalue weighted by Crippen LogP contribution is 2.30. The molecule has 0 saturated carbocycles. The zero-order chi connectivity index (χ0) is 23.5. The normalized spacial score (nSPS) is 11.9. The van der Waals surface area contributed by atoms with Gasteiger partial charge in [0.2, 0.25) is 0 Å². The van der Waals surface area contributed by atoms with Crippen molar-refractivity contribution in [2.75, 3.05) is 14.2 Å². The topological polar surface area (TPSA) is 78.3 Å². The van der Waals surface area contributed by atoms with Gasteiger partial charge >= 0.3 is 0 Å². The van der Waals surface area contributed by atoms with Gasteiger partial charge in [0.05, 0.1) is 43.4 Å². The molecule has 0 unspecified atom stereocenters. The van der Waals surface area contributed by atoms with Crippen LogP contribution in [0.25, 0.3) is 11.0 Å². The van der Waals surface area contributed by atoms with Gasteiger partial charge in [-0.1, -0.05) is 36.4 Å². The number of fused-ring (bicyclic) bond motifs is 1. The van der Waals surface area contributed by atoms with E-state index >= 15 is 0 Å². The maximum Gasteiger partial charge on any atom is 0.252 e. The number of ether oxygens (including phenoxy) is 2. The van der Waals surface area contributed by atoms with Crippen molar-refractivity contribution in [3.05, 3.63) is 82.7 Å². The summed E-state index contributed by atoms with van der Waals surface area (Å²) in [6.45, 7) is 6.33. The number of amides is 1. The number of benzene rings is 2. The molecule has 7 nitrogen and oxygen atoms in total. The average Bonchev–Trinajstić information content (AvgIpc) is 3.13. The summed E-state index contributed by atoms with van der Waals surface area (Å²) in [4.78, 5) is 18.1. The van der Waals surface area contributed by atoms with Gasteiger partial charge < -0.3 is 14.8 Å². The molecule has 0 saturated heterocycles. The van der Waals surface area contributed by atoms with Crippen molar-refractivity contribution in [3.63, 3.8) is 0 Å². The van der Waals surface area contributed by atoms with Gasteiger partial charge in [-0.2, -0.15) is 5.10 Å². The number of nitrogens with zero attached hydrogens (tertiary/aromatic N) is 3. The minimum absolute atomic E-state index is 0.171. The molecule has 0 fully saturated rings. The molecule has 2 aromatic heterocycles. The molecule has 4 rings (SSSR count). The van der Waals surface area contributed by atoms with Crippen LogP contribution >= 0.6 is 0 Å². The molecule has 2 aromatic carbocycles. The van der Waals surface area contributed by atoms with Crippen molar-refractivity contribution in [3.8, 4) is 11.5 Å². The van der Waals surface area contributed by atoms with Crippen LogP contribution in [0.15, 0.2) is 54.6 Å². The first-order valence-electron chi connectivity index (χ1n) is 10.8. The number of nitrogens with one attached hydrogen (secondary N) is 1. The van der Waals surface area contributed by atoms with E-state index < -0.39 is 0 Å². The molecular weight excluding hydrogens is 416 g/mol. The fourth-order valence-electron chi connectivity index (χ4n) is 4.00. The number of hydrogen-bond acceptors (Lipinski definition) is 5. The Balaban J connectivity index is 1.66. The summed E-state index contributed by atoms with van der Waals surface area (Å²) < 4.78 is 12.6. The lowest BCUT2D eigenvalue weighted by Crippen LogP contribution is -2.27. The largest absolute Gasteiger partial charge is 0.493 e. The van der Waals surface area contributed by atoms with Gasteiger partial charge in [0.15, 0.2) is 17.1 Å². The van der Waals surface area contributed by atoms with Crippen molar-refractivity contribution < 1.29 is 14.3 Å². The second-order valence-corrected chi connectivity index (χ2v) is 8.05. The molecule has 7 heteroatoms. The average molecular weight is 445 g/mol. The van der Waals surface area contributed by atoms with Gasteiger partial charge in [-0.3, -0.25) is 4.79 Å². The molecule has 0 bridgehead atoms. The van der Waals surface area contributed by atoms with Crippen LogP contribution in [0.5, 0.6) is 11.5 Å². The predicted octanol–water partition coefficient (Wildman–Crippen LogP) is 4.60. The quantitative estimate of drug-likeness (QED) is 0.451. The monoisotopic (exact) mass is 444 g/mol. The number of methoxy groups -OCH3 is 2. The van der Waals surface area contributed by atoms with E-state index in [0.29, 0.717) is 29.3 Å². The van der Waals surface area contributed by atoms with E-state index in [1.165, 1.54) is 0 Å². The van der Waals surface area contributed by atoms with Crippen LogP contribution in [-0.2, 0) is 6.54 Å². The van der Waals surface area contributed by atoms with Crippen molar-refractivity contribution in [2.24, 2.45) is 0 Å². The molecule has 170 valence electrons. The molecule has 0 aliphatic heterocycles. The minimum atomic E-state index is -0.236. The zero-order valence-electron chi connectivity index (χ0n) is 19.5. The van der Waals surface area contributed by atoms with Crippen LogP contribution in [0.3, 0.4) is 0 Å². The van der Waals surface area contributed by atoms with Crippen molar-refractivity contribution in [1.82, 2.24) is 20.1 Å². The van der Waals surface area contributed by atoms with Crippen molar-refractivity contribution in [2.45, 2.75) is 33.4 Å². The van der Waals surface area contributed by atoms with E-state index in [-0.39, 0.29) is 11.9 Å². The molecule has 0 aliphatic rings. The van der Waals surface area contributed by atoms with E-state index in [1.807, 2.05) is 67.9 Å². The number of rotatable bonds is 7. The summed E-state index contributed by atoms with van der Waals surface area (Å²) in [5, 5.41) is 8.57. The third kappa shape index (κ3) is 4.53. The first-order chi connectivity index (χ1) is 15.9. The lowest BCUT2D eigenvalue weighted by Gasteiger charge is -2.17. The van der Waals surface area contributed by atoms with Crippen molar-refractivity contribution >= 4 is 16.9 Å². The van der Waals surface area contributed by atoms with Crippen molar-refractivity contribution in [1.29, 1.82) is 0 Å². The predicted molar refractivity (Wildman–Crippen MR) is 128 cm³/mol. The Hall–Kier alpha value is -3.87.